The average Bonchev–Trinajstić information content (AvgIpc) is 0.811. The van der Waals surface area contributed by atoms with E-state index in [1.54, 1.807) is 13.8 Å². The van der Waals surface area contributed by atoms with Gasteiger partial charge in [0.2, 0.25) is 0 Å². The van der Waals surface area contributed by atoms with Crippen LogP contribution in [-0.4, -0.2) is 6.10 Å². The molecule has 0 heterocycles. The third-order valence-corrected chi connectivity index (χ3v) is 0. The average molecular weight is 110 g/mol. The van der Waals surface area contributed by atoms with Crippen LogP contribution in [-0.2, 0) is 18.6 Å². The molecule has 0 fully saturated rings. The SMILES string of the molecule is CC(C)[O-].[V]. The van der Waals surface area contributed by atoms with Gasteiger partial charge in [0.15, 0.2) is 0 Å². The maximum absolute atomic E-state index is 9.53. The topological polar surface area (TPSA) is 23.1 Å². The Labute approximate surface area is 44.3 Å². The molecule has 0 atom stereocenters. The second kappa shape index (κ2) is 4.54. The predicted molar refractivity (Wildman–Crippen MR) is 15.1 cm³/mol. The minimum atomic E-state index is -0.417. The molecule has 0 saturated carbocycles. The van der Waals surface area contributed by atoms with Crippen LogP contribution in [0.4, 0.5) is 0 Å². The van der Waals surface area contributed by atoms with Crippen LogP contribution >= 0.6 is 0 Å². The van der Waals surface area contributed by atoms with Crippen LogP contribution in [0, 0.1) is 0 Å². The molecule has 2 heteroatoms. The molecular formula is C3H7OV-. The molecule has 0 aliphatic rings. The third kappa shape index (κ3) is 99.3. The van der Waals surface area contributed by atoms with Gasteiger partial charge in [-0.15, -0.1) is 6.10 Å². The Morgan fingerprint density at radius 3 is 1.40 bits per heavy atom. The monoisotopic (exact) mass is 110 g/mol. The van der Waals surface area contributed by atoms with Crippen molar-refractivity contribution in [3.8, 4) is 0 Å². The zero-order chi connectivity index (χ0) is 3.58. The smallest absolute Gasteiger partial charge is 0 e. The first kappa shape index (κ1) is 9.11. The maximum Gasteiger partial charge on any atom is 0 e. The molecule has 31 valence electrons. The van der Waals surface area contributed by atoms with E-state index in [-0.39, 0.29) is 18.6 Å². The number of hydrogen-bond acceptors (Lipinski definition) is 1. The molecule has 0 spiro atoms. The molecule has 0 rings (SSSR count). The van der Waals surface area contributed by atoms with Gasteiger partial charge in [-0.1, -0.05) is 13.8 Å². The molecule has 1 radical (unpaired) electrons. The summed E-state index contributed by atoms with van der Waals surface area (Å²) in [6.45, 7) is 3.22. The molecule has 5 heavy (non-hydrogen) atoms. The van der Waals surface area contributed by atoms with E-state index in [0.29, 0.717) is 0 Å². The fourth-order valence-electron chi connectivity index (χ4n) is 0. The van der Waals surface area contributed by atoms with E-state index >= 15 is 0 Å². The van der Waals surface area contributed by atoms with Crippen molar-refractivity contribution in [2.75, 3.05) is 0 Å². The van der Waals surface area contributed by atoms with Crippen LogP contribution < -0.4 is 5.11 Å². The first-order valence-electron chi connectivity index (χ1n) is 1.39. The summed E-state index contributed by atoms with van der Waals surface area (Å²) >= 11 is 0. The van der Waals surface area contributed by atoms with Crippen molar-refractivity contribution in [3.05, 3.63) is 0 Å². The number of hydrogen-bond donors (Lipinski definition) is 0. The molecule has 0 aromatic heterocycles. The molecule has 0 unspecified atom stereocenters. The van der Waals surface area contributed by atoms with Gasteiger partial charge in [-0.05, 0) is 0 Å². The van der Waals surface area contributed by atoms with Crippen LogP contribution in [0.2, 0.25) is 0 Å². The Kier molecular flexibility index (Phi) is 8.28. The second-order valence-corrected chi connectivity index (χ2v) is 1.05. The molecule has 1 nitrogen and oxygen atoms in total. The first-order chi connectivity index (χ1) is 1.73. The normalized spacial score (nSPS) is 7.20. The van der Waals surface area contributed by atoms with E-state index in [4.69, 9.17) is 0 Å². The molecule has 0 bridgehead atoms. The molecule has 0 aromatic carbocycles. The molecule has 0 N–H and O–H groups in total. The van der Waals surface area contributed by atoms with Crippen LogP contribution in [0.3, 0.4) is 0 Å². The minimum Gasteiger partial charge on any atom is -0.852 e. The first-order valence-corrected chi connectivity index (χ1v) is 1.39. The van der Waals surface area contributed by atoms with E-state index in [1.807, 2.05) is 0 Å². The Hall–Kier alpha value is 0.544. The van der Waals surface area contributed by atoms with E-state index in [9.17, 15) is 5.11 Å². The van der Waals surface area contributed by atoms with E-state index in [1.165, 1.54) is 0 Å². The second-order valence-electron chi connectivity index (χ2n) is 1.05. The minimum absolute atomic E-state index is 0. The predicted octanol–water partition coefficient (Wildman–Crippen LogP) is -0.247. The van der Waals surface area contributed by atoms with Gasteiger partial charge in [0.05, 0.1) is 0 Å². The van der Waals surface area contributed by atoms with Gasteiger partial charge >= 0.3 is 0 Å². The molecule has 0 amide bonds. The van der Waals surface area contributed by atoms with Gasteiger partial charge < -0.3 is 5.11 Å². The van der Waals surface area contributed by atoms with Gasteiger partial charge in [-0.25, -0.2) is 0 Å². The van der Waals surface area contributed by atoms with Crippen LogP contribution in [0.5, 0.6) is 0 Å². The van der Waals surface area contributed by atoms with Crippen molar-refractivity contribution in [3.63, 3.8) is 0 Å². The largest absolute Gasteiger partial charge is 0.852 e. The Bertz CT molecular complexity index is 11.6. The molecular weight excluding hydrogens is 103 g/mol. The van der Waals surface area contributed by atoms with E-state index in [2.05, 4.69) is 0 Å². The molecule has 0 saturated heterocycles. The van der Waals surface area contributed by atoms with E-state index in [0.717, 1.165) is 0 Å². The van der Waals surface area contributed by atoms with E-state index < -0.39 is 6.10 Å². The standard InChI is InChI=1S/C3H7O.V/c1-3(2)4;/h3H,1-2H3;/q-1;. The third-order valence-electron chi connectivity index (χ3n) is 0. The zero-order valence-corrected chi connectivity index (χ0v) is 4.83. The van der Waals surface area contributed by atoms with Crippen molar-refractivity contribution in [1.29, 1.82) is 0 Å². The van der Waals surface area contributed by atoms with Crippen LogP contribution in [0.25, 0.3) is 0 Å². The fourth-order valence-corrected chi connectivity index (χ4v) is 0. The van der Waals surface area contributed by atoms with Crippen LogP contribution in [0.15, 0.2) is 0 Å². The van der Waals surface area contributed by atoms with Crippen molar-refractivity contribution in [2.24, 2.45) is 0 Å². The zero-order valence-electron chi connectivity index (χ0n) is 3.43. The summed E-state index contributed by atoms with van der Waals surface area (Å²) in [4.78, 5) is 0. The van der Waals surface area contributed by atoms with Crippen LogP contribution in [0.1, 0.15) is 13.8 Å². The Morgan fingerprint density at radius 1 is 1.40 bits per heavy atom. The molecule has 0 aliphatic heterocycles. The number of rotatable bonds is 0. The summed E-state index contributed by atoms with van der Waals surface area (Å²) in [5.74, 6) is 0. The Balaban J connectivity index is 0. The Morgan fingerprint density at radius 2 is 1.40 bits per heavy atom. The van der Waals surface area contributed by atoms with Gasteiger partial charge in [0.25, 0.3) is 0 Å². The van der Waals surface area contributed by atoms with Gasteiger partial charge in [-0.2, -0.15) is 0 Å². The molecule has 0 aromatic rings. The van der Waals surface area contributed by atoms with Crippen molar-refractivity contribution < 1.29 is 23.7 Å². The summed E-state index contributed by atoms with van der Waals surface area (Å²) in [5, 5.41) is 9.53. The maximum atomic E-state index is 9.53. The summed E-state index contributed by atoms with van der Waals surface area (Å²) in [6, 6.07) is 0. The van der Waals surface area contributed by atoms with Gasteiger partial charge in [-0.3, -0.25) is 0 Å². The van der Waals surface area contributed by atoms with Gasteiger partial charge in [0.1, 0.15) is 0 Å². The molecule has 0 aliphatic carbocycles. The summed E-state index contributed by atoms with van der Waals surface area (Å²) < 4.78 is 0. The van der Waals surface area contributed by atoms with Crippen molar-refractivity contribution in [2.45, 2.75) is 20.0 Å². The fraction of sp³-hybridized carbons (Fsp3) is 1.00. The summed E-state index contributed by atoms with van der Waals surface area (Å²) in [6.07, 6.45) is -0.417. The summed E-state index contributed by atoms with van der Waals surface area (Å²) in [7, 11) is 0. The quantitative estimate of drug-likeness (QED) is 0.421. The van der Waals surface area contributed by atoms with Crippen molar-refractivity contribution >= 4 is 0 Å². The van der Waals surface area contributed by atoms with Gasteiger partial charge in [0, 0.05) is 18.6 Å². The summed E-state index contributed by atoms with van der Waals surface area (Å²) in [5.41, 5.74) is 0. The van der Waals surface area contributed by atoms with Crippen molar-refractivity contribution in [1.82, 2.24) is 0 Å².